The highest BCUT2D eigenvalue weighted by molar-refractivity contribution is 6.03. The minimum absolute atomic E-state index is 0.0612. The van der Waals surface area contributed by atoms with Gasteiger partial charge >= 0.3 is 6.03 Å². The topological polar surface area (TPSA) is 87.3 Å². The largest absolute Gasteiger partial charge is 0.331 e. The van der Waals surface area contributed by atoms with Gasteiger partial charge in [-0.3, -0.25) is 14.9 Å². The average molecular weight is 393 g/mol. The van der Waals surface area contributed by atoms with Gasteiger partial charge in [-0.15, -0.1) is 0 Å². The Kier molecular flexibility index (Phi) is 6.65. The maximum atomic E-state index is 12.5. The fraction of sp³-hybridized carbons (Fsp3) is 0.348. The molecule has 2 aromatic carbocycles. The Bertz CT molecular complexity index is 863. The zero-order chi connectivity index (χ0) is 20.8. The van der Waals surface area contributed by atoms with Crippen LogP contribution in [0, 0.1) is 11.8 Å². The fourth-order valence-electron chi connectivity index (χ4n) is 3.54. The van der Waals surface area contributed by atoms with Crippen molar-refractivity contribution >= 4 is 23.5 Å². The van der Waals surface area contributed by atoms with Crippen LogP contribution in [0.25, 0.3) is 0 Å². The molecule has 1 aliphatic rings. The van der Waals surface area contributed by atoms with Gasteiger partial charge in [-0.05, 0) is 42.0 Å². The van der Waals surface area contributed by atoms with E-state index in [4.69, 9.17) is 0 Å². The van der Waals surface area contributed by atoms with Crippen LogP contribution >= 0.6 is 0 Å². The molecule has 0 aliphatic carbocycles. The molecule has 3 N–H and O–H groups in total. The molecule has 1 aliphatic heterocycles. The van der Waals surface area contributed by atoms with Gasteiger partial charge < -0.3 is 10.6 Å². The number of nitrogens with one attached hydrogen (secondary N) is 3. The summed E-state index contributed by atoms with van der Waals surface area (Å²) >= 11 is 0. The van der Waals surface area contributed by atoms with Crippen molar-refractivity contribution in [1.29, 1.82) is 0 Å². The van der Waals surface area contributed by atoms with Crippen molar-refractivity contribution in [2.24, 2.45) is 11.8 Å². The van der Waals surface area contributed by atoms with Crippen molar-refractivity contribution in [2.45, 2.75) is 39.2 Å². The summed E-state index contributed by atoms with van der Waals surface area (Å²) in [5.41, 5.74) is 2.71. The monoisotopic (exact) mass is 393 g/mol. The zero-order valence-corrected chi connectivity index (χ0v) is 16.8. The van der Waals surface area contributed by atoms with Gasteiger partial charge in [0.15, 0.2) is 0 Å². The zero-order valence-electron chi connectivity index (χ0n) is 16.8. The van der Waals surface area contributed by atoms with Crippen molar-refractivity contribution in [3.63, 3.8) is 0 Å². The molecule has 2 aromatic rings. The van der Waals surface area contributed by atoms with E-state index >= 15 is 0 Å². The van der Waals surface area contributed by atoms with Crippen molar-refractivity contribution < 1.29 is 14.4 Å². The van der Waals surface area contributed by atoms with Crippen molar-refractivity contribution in [3.05, 3.63) is 65.7 Å². The Labute approximate surface area is 171 Å². The van der Waals surface area contributed by atoms with E-state index in [1.165, 1.54) is 0 Å². The Balaban J connectivity index is 1.58. The van der Waals surface area contributed by atoms with Gasteiger partial charge in [0.1, 0.15) is 0 Å². The minimum atomic E-state index is -0.313. The van der Waals surface area contributed by atoms with Gasteiger partial charge in [0.25, 0.3) is 0 Å². The predicted molar refractivity (Wildman–Crippen MR) is 112 cm³/mol. The standard InChI is InChI=1S/C23H27N3O3/c1-15(2)12-20(17-6-4-3-5-7-17)25-23(29)24-19-10-8-16(9-11-19)13-18-14-21(27)26-22(18)28/h3-11,15,18,20H,12-14H2,1-2H3,(H2,24,25,29)(H,26,27,28). The maximum absolute atomic E-state index is 12.5. The smallest absolute Gasteiger partial charge is 0.319 e. The molecule has 0 saturated carbocycles. The summed E-state index contributed by atoms with van der Waals surface area (Å²) in [5, 5.41) is 8.25. The molecule has 6 heteroatoms. The lowest BCUT2D eigenvalue weighted by Crippen LogP contribution is -2.33. The van der Waals surface area contributed by atoms with E-state index in [2.05, 4.69) is 29.8 Å². The molecule has 0 radical (unpaired) electrons. The van der Waals surface area contributed by atoms with Crippen LogP contribution in [-0.2, 0) is 16.0 Å². The van der Waals surface area contributed by atoms with E-state index in [0.29, 0.717) is 18.0 Å². The number of anilines is 1. The summed E-state index contributed by atoms with van der Waals surface area (Å²) in [5.74, 6) is -0.301. The van der Waals surface area contributed by atoms with Crippen LogP contribution < -0.4 is 16.0 Å². The third-order valence-corrected chi connectivity index (χ3v) is 4.97. The molecule has 4 amide bonds. The van der Waals surface area contributed by atoms with Crippen LogP contribution in [0.1, 0.15) is 43.9 Å². The van der Waals surface area contributed by atoms with Crippen LogP contribution in [0.3, 0.4) is 0 Å². The number of hydrogen-bond donors (Lipinski definition) is 3. The van der Waals surface area contributed by atoms with Gasteiger partial charge in [0, 0.05) is 12.1 Å². The molecule has 1 saturated heterocycles. The second kappa shape index (κ2) is 9.37. The molecule has 2 unspecified atom stereocenters. The summed E-state index contributed by atoms with van der Waals surface area (Å²) < 4.78 is 0. The van der Waals surface area contributed by atoms with Crippen LogP contribution in [0.2, 0.25) is 0 Å². The first-order chi connectivity index (χ1) is 13.9. The highest BCUT2D eigenvalue weighted by Crippen LogP contribution is 2.22. The summed E-state index contributed by atoms with van der Waals surface area (Å²) in [6, 6.07) is 17.0. The number of urea groups is 1. The number of amides is 4. The Morgan fingerprint density at radius 1 is 1.07 bits per heavy atom. The van der Waals surface area contributed by atoms with Gasteiger partial charge in [-0.2, -0.15) is 0 Å². The second-order valence-corrected chi connectivity index (χ2v) is 7.91. The third kappa shape index (κ3) is 5.91. The first-order valence-electron chi connectivity index (χ1n) is 9.96. The van der Waals surface area contributed by atoms with E-state index < -0.39 is 0 Å². The summed E-state index contributed by atoms with van der Waals surface area (Å²) in [6.07, 6.45) is 1.59. The number of carbonyl (C=O) groups is 3. The molecule has 1 heterocycles. The van der Waals surface area contributed by atoms with Crippen LogP contribution in [0.4, 0.5) is 10.5 Å². The number of benzene rings is 2. The molecule has 29 heavy (non-hydrogen) atoms. The second-order valence-electron chi connectivity index (χ2n) is 7.91. The molecule has 152 valence electrons. The number of hydrogen-bond acceptors (Lipinski definition) is 3. The molecular formula is C23H27N3O3. The molecule has 0 bridgehead atoms. The van der Waals surface area contributed by atoms with Crippen molar-refractivity contribution in [3.8, 4) is 0 Å². The molecule has 1 fully saturated rings. The first kappa shape index (κ1) is 20.6. The third-order valence-electron chi connectivity index (χ3n) is 4.97. The van der Waals surface area contributed by atoms with E-state index in [0.717, 1.165) is 17.5 Å². The summed E-state index contributed by atoms with van der Waals surface area (Å²) in [6.45, 7) is 4.26. The first-order valence-corrected chi connectivity index (χ1v) is 9.96. The number of carbonyl (C=O) groups excluding carboxylic acids is 3. The minimum Gasteiger partial charge on any atom is -0.331 e. The van der Waals surface area contributed by atoms with E-state index in [1.54, 1.807) is 0 Å². The molecule has 6 nitrogen and oxygen atoms in total. The number of imide groups is 1. The summed E-state index contributed by atoms with van der Waals surface area (Å²) in [7, 11) is 0. The van der Waals surface area contributed by atoms with Crippen LogP contribution in [0.15, 0.2) is 54.6 Å². The molecule has 3 rings (SSSR count). The van der Waals surface area contributed by atoms with E-state index in [9.17, 15) is 14.4 Å². The normalized spacial score (nSPS) is 17.1. The molecule has 0 aromatic heterocycles. The average Bonchev–Trinajstić information content (AvgIpc) is 3.00. The molecule has 0 spiro atoms. The van der Waals surface area contributed by atoms with Crippen molar-refractivity contribution in [1.82, 2.24) is 10.6 Å². The van der Waals surface area contributed by atoms with E-state index in [1.807, 2.05) is 54.6 Å². The Morgan fingerprint density at radius 2 is 1.76 bits per heavy atom. The van der Waals surface area contributed by atoms with Gasteiger partial charge in [-0.25, -0.2) is 4.79 Å². The van der Waals surface area contributed by atoms with Gasteiger partial charge in [-0.1, -0.05) is 56.3 Å². The maximum Gasteiger partial charge on any atom is 0.319 e. The molecule has 2 atom stereocenters. The Morgan fingerprint density at radius 3 is 2.34 bits per heavy atom. The highest BCUT2D eigenvalue weighted by Gasteiger charge is 2.30. The SMILES string of the molecule is CC(C)CC(NC(=O)Nc1ccc(CC2CC(=O)NC2=O)cc1)c1ccccc1. The quantitative estimate of drug-likeness (QED) is 0.625. The molecular weight excluding hydrogens is 366 g/mol. The van der Waals surface area contributed by atoms with Crippen LogP contribution in [-0.4, -0.2) is 17.8 Å². The highest BCUT2D eigenvalue weighted by atomic mass is 16.2. The lowest BCUT2D eigenvalue weighted by Gasteiger charge is -2.21. The number of rotatable bonds is 7. The van der Waals surface area contributed by atoms with Crippen LogP contribution in [0.5, 0.6) is 0 Å². The lowest BCUT2D eigenvalue weighted by atomic mass is 9.97. The predicted octanol–water partition coefficient (Wildman–Crippen LogP) is 3.80. The van der Waals surface area contributed by atoms with Gasteiger partial charge in [0.2, 0.25) is 11.8 Å². The fourth-order valence-corrected chi connectivity index (χ4v) is 3.54. The lowest BCUT2D eigenvalue weighted by molar-refractivity contribution is -0.125. The van der Waals surface area contributed by atoms with Crippen molar-refractivity contribution in [2.75, 3.05) is 5.32 Å². The summed E-state index contributed by atoms with van der Waals surface area (Å²) in [4.78, 5) is 35.5. The Hall–Kier alpha value is -3.15. The van der Waals surface area contributed by atoms with E-state index in [-0.39, 0.29) is 36.2 Å². The van der Waals surface area contributed by atoms with Gasteiger partial charge in [0.05, 0.1) is 12.0 Å².